The van der Waals surface area contributed by atoms with Crippen LogP contribution in [0.25, 0.3) is 32.9 Å². The van der Waals surface area contributed by atoms with Crippen LogP contribution in [0.2, 0.25) is 0 Å². The molecule has 5 rings (SSSR count). The standard InChI is InChI=1S/C30H22F3NO4/c1-17-10-13-24(18(2)14-17)34-26(35)16-37-20-11-12-23-25(15-20)38-29(30(31,32)33)27(28(23)36)22-9-5-7-19-6-3-4-8-21(19)22/h3-15H,16H2,1-2H3,(H,34,35). The molecule has 0 spiro atoms. The number of carbonyl (C=O) groups is 1. The van der Waals surface area contributed by atoms with Crippen molar-refractivity contribution in [2.24, 2.45) is 0 Å². The Hall–Kier alpha value is -4.59. The molecule has 0 fully saturated rings. The van der Waals surface area contributed by atoms with Gasteiger partial charge in [-0.1, -0.05) is 60.2 Å². The second kappa shape index (κ2) is 9.70. The summed E-state index contributed by atoms with van der Waals surface area (Å²) in [6.07, 6.45) is -4.93. The maximum absolute atomic E-state index is 14.1. The Balaban J connectivity index is 1.50. The third-order valence-electron chi connectivity index (χ3n) is 6.21. The molecular formula is C30H22F3NO4. The highest BCUT2D eigenvalue weighted by molar-refractivity contribution is 5.98. The molecular weight excluding hydrogens is 495 g/mol. The Morgan fingerprint density at radius 2 is 1.68 bits per heavy atom. The minimum atomic E-state index is -4.93. The van der Waals surface area contributed by atoms with Crippen LogP contribution in [-0.2, 0) is 11.0 Å². The van der Waals surface area contributed by atoms with Gasteiger partial charge in [0, 0.05) is 11.8 Å². The van der Waals surface area contributed by atoms with Gasteiger partial charge < -0.3 is 14.5 Å². The third kappa shape index (κ3) is 4.85. The van der Waals surface area contributed by atoms with Gasteiger partial charge in [0.25, 0.3) is 5.91 Å². The van der Waals surface area contributed by atoms with Gasteiger partial charge in [-0.3, -0.25) is 9.59 Å². The SMILES string of the molecule is Cc1ccc(NC(=O)COc2ccc3c(=O)c(-c4cccc5ccccc45)c(C(F)(F)F)oc3c2)c(C)c1. The number of aryl methyl sites for hydroxylation is 2. The number of halogens is 3. The van der Waals surface area contributed by atoms with E-state index in [2.05, 4.69) is 5.32 Å². The molecule has 0 saturated carbocycles. The normalized spacial score (nSPS) is 11.6. The summed E-state index contributed by atoms with van der Waals surface area (Å²) in [5, 5.41) is 3.90. The van der Waals surface area contributed by atoms with Crippen molar-refractivity contribution < 1.29 is 27.1 Å². The lowest BCUT2D eigenvalue weighted by molar-refractivity contribution is -0.152. The quantitative estimate of drug-likeness (QED) is 0.266. The molecule has 0 aliphatic carbocycles. The Morgan fingerprint density at radius 1 is 0.921 bits per heavy atom. The molecule has 192 valence electrons. The largest absolute Gasteiger partial charge is 0.484 e. The van der Waals surface area contributed by atoms with Gasteiger partial charge in [-0.05, 0) is 53.9 Å². The zero-order valence-electron chi connectivity index (χ0n) is 20.5. The average Bonchev–Trinajstić information content (AvgIpc) is 2.88. The molecule has 0 bridgehead atoms. The number of rotatable bonds is 5. The summed E-state index contributed by atoms with van der Waals surface area (Å²) in [7, 11) is 0. The van der Waals surface area contributed by atoms with Crippen molar-refractivity contribution in [1.82, 2.24) is 0 Å². The van der Waals surface area contributed by atoms with E-state index < -0.39 is 28.8 Å². The van der Waals surface area contributed by atoms with Crippen molar-refractivity contribution in [2.75, 3.05) is 11.9 Å². The molecule has 0 unspecified atom stereocenters. The molecule has 0 saturated heterocycles. The van der Waals surface area contributed by atoms with Crippen LogP contribution in [0.3, 0.4) is 0 Å². The lowest BCUT2D eigenvalue weighted by Gasteiger charge is -2.15. The van der Waals surface area contributed by atoms with Crippen LogP contribution in [0.15, 0.2) is 88.1 Å². The van der Waals surface area contributed by atoms with E-state index >= 15 is 0 Å². The van der Waals surface area contributed by atoms with Crippen molar-refractivity contribution in [1.29, 1.82) is 0 Å². The number of carbonyl (C=O) groups excluding carboxylic acids is 1. The van der Waals surface area contributed by atoms with Gasteiger partial charge in [0.05, 0.1) is 10.9 Å². The van der Waals surface area contributed by atoms with Gasteiger partial charge in [0.2, 0.25) is 11.2 Å². The first kappa shape index (κ1) is 25.1. The molecule has 1 aromatic heterocycles. The van der Waals surface area contributed by atoms with Crippen molar-refractivity contribution in [3.8, 4) is 16.9 Å². The van der Waals surface area contributed by atoms with Gasteiger partial charge in [-0.25, -0.2) is 0 Å². The summed E-state index contributed by atoms with van der Waals surface area (Å²) < 4.78 is 53.2. The summed E-state index contributed by atoms with van der Waals surface area (Å²) in [6.45, 7) is 3.41. The zero-order chi connectivity index (χ0) is 27.0. The fraction of sp³-hybridized carbons (Fsp3) is 0.133. The van der Waals surface area contributed by atoms with Crippen LogP contribution in [0.1, 0.15) is 16.9 Å². The number of anilines is 1. The lowest BCUT2D eigenvalue weighted by atomic mass is 9.96. The number of fused-ring (bicyclic) bond motifs is 2. The third-order valence-corrected chi connectivity index (χ3v) is 6.21. The highest BCUT2D eigenvalue weighted by Gasteiger charge is 2.39. The highest BCUT2D eigenvalue weighted by atomic mass is 19.4. The van der Waals surface area contributed by atoms with E-state index in [4.69, 9.17) is 9.15 Å². The molecule has 38 heavy (non-hydrogen) atoms. The van der Waals surface area contributed by atoms with Crippen molar-refractivity contribution in [2.45, 2.75) is 20.0 Å². The van der Waals surface area contributed by atoms with Crippen LogP contribution >= 0.6 is 0 Å². The van der Waals surface area contributed by atoms with E-state index in [0.29, 0.717) is 16.5 Å². The summed E-state index contributed by atoms with van der Waals surface area (Å²) in [6, 6.07) is 21.2. The fourth-order valence-electron chi connectivity index (χ4n) is 4.44. The molecule has 0 atom stereocenters. The van der Waals surface area contributed by atoms with Crippen molar-refractivity contribution >= 4 is 33.3 Å². The number of benzene rings is 4. The molecule has 5 nitrogen and oxygen atoms in total. The Labute approximate surface area is 215 Å². The first-order valence-corrected chi connectivity index (χ1v) is 11.8. The maximum atomic E-state index is 14.1. The van der Waals surface area contributed by atoms with E-state index in [1.165, 1.54) is 24.3 Å². The van der Waals surface area contributed by atoms with Gasteiger partial charge in [0.15, 0.2) is 6.61 Å². The number of hydrogen-bond donors (Lipinski definition) is 1. The molecule has 8 heteroatoms. The predicted molar refractivity (Wildman–Crippen MR) is 140 cm³/mol. The second-order valence-corrected chi connectivity index (χ2v) is 8.97. The van der Waals surface area contributed by atoms with Crippen LogP contribution in [-0.4, -0.2) is 12.5 Å². The molecule has 1 N–H and O–H groups in total. The highest BCUT2D eigenvalue weighted by Crippen LogP contribution is 2.39. The Kier molecular flexibility index (Phi) is 6.40. The number of hydrogen-bond acceptors (Lipinski definition) is 4. The number of ether oxygens (including phenoxy) is 1. The molecule has 5 aromatic rings. The fourth-order valence-corrected chi connectivity index (χ4v) is 4.44. The molecule has 0 radical (unpaired) electrons. The van der Waals surface area contributed by atoms with Crippen LogP contribution in [0, 0.1) is 13.8 Å². The smallest absolute Gasteiger partial charge is 0.450 e. The van der Waals surface area contributed by atoms with Gasteiger partial charge in [-0.2, -0.15) is 13.2 Å². The maximum Gasteiger partial charge on any atom is 0.450 e. The monoisotopic (exact) mass is 517 g/mol. The molecule has 4 aromatic carbocycles. The van der Waals surface area contributed by atoms with E-state index in [1.54, 1.807) is 42.5 Å². The zero-order valence-corrected chi connectivity index (χ0v) is 20.5. The number of alkyl halides is 3. The molecule has 0 aliphatic heterocycles. The predicted octanol–water partition coefficient (Wildman–Crippen LogP) is 7.27. The summed E-state index contributed by atoms with van der Waals surface area (Å²) in [5.74, 6) is -1.75. The number of amides is 1. The summed E-state index contributed by atoms with van der Waals surface area (Å²) in [5.41, 5.74) is 1.04. The second-order valence-electron chi connectivity index (χ2n) is 8.97. The van der Waals surface area contributed by atoms with Gasteiger partial charge in [0.1, 0.15) is 11.3 Å². The van der Waals surface area contributed by atoms with Crippen LogP contribution < -0.4 is 15.5 Å². The molecule has 0 aliphatic rings. The van der Waals surface area contributed by atoms with Crippen LogP contribution in [0.5, 0.6) is 5.75 Å². The van der Waals surface area contributed by atoms with Gasteiger partial charge in [-0.15, -0.1) is 0 Å². The average molecular weight is 518 g/mol. The van der Waals surface area contributed by atoms with E-state index in [0.717, 1.165) is 11.1 Å². The van der Waals surface area contributed by atoms with E-state index in [1.807, 2.05) is 26.0 Å². The first-order valence-electron chi connectivity index (χ1n) is 11.8. The van der Waals surface area contributed by atoms with Gasteiger partial charge >= 0.3 is 6.18 Å². The van der Waals surface area contributed by atoms with Crippen molar-refractivity contribution in [3.05, 3.63) is 106 Å². The summed E-state index contributed by atoms with van der Waals surface area (Å²) in [4.78, 5) is 25.8. The van der Waals surface area contributed by atoms with Crippen molar-refractivity contribution in [3.63, 3.8) is 0 Å². The minimum absolute atomic E-state index is 0.0342. The minimum Gasteiger partial charge on any atom is -0.484 e. The lowest BCUT2D eigenvalue weighted by Crippen LogP contribution is -2.20. The van der Waals surface area contributed by atoms with E-state index in [-0.39, 0.29) is 28.9 Å². The van der Waals surface area contributed by atoms with E-state index in [9.17, 15) is 22.8 Å². The molecule has 1 heterocycles. The van der Waals surface area contributed by atoms with Crippen LogP contribution in [0.4, 0.5) is 18.9 Å². The summed E-state index contributed by atoms with van der Waals surface area (Å²) >= 11 is 0. The number of nitrogens with one attached hydrogen (secondary N) is 1. The Morgan fingerprint density at radius 3 is 2.45 bits per heavy atom. The molecule has 1 amide bonds. The Bertz CT molecular complexity index is 1750. The topological polar surface area (TPSA) is 68.5 Å². The first-order chi connectivity index (χ1) is 18.1.